The van der Waals surface area contributed by atoms with Gasteiger partial charge in [-0.1, -0.05) is 65.8 Å². The fourth-order valence-corrected chi connectivity index (χ4v) is 2.57. The van der Waals surface area contributed by atoms with Gasteiger partial charge in [-0.15, -0.1) is 0 Å². The van der Waals surface area contributed by atoms with E-state index in [2.05, 4.69) is 15.5 Å². The van der Waals surface area contributed by atoms with Crippen molar-refractivity contribution < 1.29 is 14.4 Å². The second kappa shape index (κ2) is 7.72. The van der Waals surface area contributed by atoms with Crippen LogP contribution in [0.15, 0.2) is 65.2 Å². The van der Waals surface area contributed by atoms with Crippen molar-refractivity contribution in [2.45, 2.75) is 25.5 Å². The molecule has 6 nitrogen and oxygen atoms in total. The predicted molar refractivity (Wildman–Crippen MR) is 91.5 cm³/mol. The molecule has 0 saturated carbocycles. The largest absolute Gasteiger partial charge is 0.378 e. The first kappa shape index (κ1) is 16.9. The van der Waals surface area contributed by atoms with E-state index in [4.69, 9.17) is 4.52 Å². The second-order valence-electron chi connectivity index (χ2n) is 5.72. The fraction of sp³-hybridized carbons (Fsp3) is 0.211. The van der Waals surface area contributed by atoms with Crippen molar-refractivity contribution in [3.63, 3.8) is 0 Å². The van der Waals surface area contributed by atoms with Gasteiger partial charge in [0, 0.05) is 0 Å². The summed E-state index contributed by atoms with van der Waals surface area (Å²) >= 11 is 0. The lowest BCUT2D eigenvalue weighted by Crippen LogP contribution is -2.34. The number of amides is 1. The number of nitrogens with one attached hydrogen (secondary N) is 1. The van der Waals surface area contributed by atoms with Crippen LogP contribution in [0.3, 0.4) is 0 Å². The zero-order valence-electron chi connectivity index (χ0n) is 13.8. The molecular formula is C19H19N3O3. The molecule has 3 aromatic rings. The molecule has 6 heteroatoms. The summed E-state index contributed by atoms with van der Waals surface area (Å²) in [6.07, 6.45) is -0.894. The van der Waals surface area contributed by atoms with Gasteiger partial charge in [-0.3, -0.25) is 4.79 Å². The van der Waals surface area contributed by atoms with Gasteiger partial charge in [0.2, 0.25) is 5.89 Å². The summed E-state index contributed by atoms with van der Waals surface area (Å²) in [7, 11) is 0. The van der Waals surface area contributed by atoms with E-state index in [0.717, 1.165) is 5.56 Å². The number of aromatic nitrogens is 2. The normalized spacial score (nSPS) is 13.2. The van der Waals surface area contributed by atoms with Gasteiger partial charge in [-0.05, 0) is 18.1 Å². The van der Waals surface area contributed by atoms with Crippen molar-refractivity contribution in [2.75, 3.05) is 0 Å². The lowest BCUT2D eigenvalue weighted by Gasteiger charge is -2.20. The second-order valence-corrected chi connectivity index (χ2v) is 5.72. The summed E-state index contributed by atoms with van der Waals surface area (Å²) in [5, 5.41) is 16.9. The summed E-state index contributed by atoms with van der Waals surface area (Å²) in [5.41, 5.74) is 1.44. The third kappa shape index (κ3) is 4.30. The summed E-state index contributed by atoms with van der Waals surface area (Å²) < 4.78 is 5.17. The van der Waals surface area contributed by atoms with Gasteiger partial charge in [0.1, 0.15) is 0 Å². The number of carbonyl (C=O) groups is 1. The number of aliphatic hydroxyl groups excluding tert-OH is 1. The molecule has 0 radical (unpaired) electrons. The maximum Gasteiger partial charge on any atom is 0.253 e. The minimum atomic E-state index is -1.24. The van der Waals surface area contributed by atoms with Gasteiger partial charge in [-0.25, -0.2) is 0 Å². The van der Waals surface area contributed by atoms with E-state index in [1.54, 1.807) is 31.2 Å². The first-order chi connectivity index (χ1) is 12.1. The maximum absolute atomic E-state index is 12.5. The third-order valence-electron chi connectivity index (χ3n) is 3.83. The van der Waals surface area contributed by atoms with Crippen molar-refractivity contribution in [3.05, 3.63) is 83.5 Å². The van der Waals surface area contributed by atoms with E-state index in [9.17, 15) is 9.90 Å². The van der Waals surface area contributed by atoms with Crippen LogP contribution < -0.4 is 5.32 Å². The minimum absolute atomic E-state index is 0.345. The van der Waals surface area contributed by atoms with E-state index in [-0.39, 0.29) is 6.04 Å². The molecule has 128 valence electrons. The van der Waals surface area contributed by atoms with Gasteiger partial charge in [-0.2, -0.15) is 4.98 Å². The van der Waals surface area contributed by atoms with Crippen LogP contribution in [0.25, 0.3) is 0 Å². The number of rotatable bonds is 6. The molecule has 2 unspecified atom stereocenters. The molecule has 0 aliphatic rings. The fourth-order valence-electron chi connectivity index (χ4n) is 2.57. The molecule has 1 aromatic heterocycles. The standard InChI is InChI=1S/C19H19N3O3/c1-13-20-17(25-22-13)12-16(14-8-4-2-5-9-14)21-19(24)18(23)15-10-6-3-7-11-15/h2-11,16,18,23H,12H2,1H3,(H,21,24). The molecule has 0 aliphatic carbocycles. The Morgan fingerprint density at radius 1 is 1.08 bits per heavy atom. The molecule has 1 heterocycles. The molecule has 0 saturated heterocycles. The highest BCUT2D eigenvalue weighted by molar-refractivity contribution is 5.82. The summed E-state index contributed by atoms with van der Waals surface area (Å²) in [4.78, 5) is 16.7. The summed E-state index contributed by atoms with van der Waals surface area (Å²) in [5.74, 6) is 0.495. The average Bonchev–Trinajstić information content (AvgIpc) is 3.06. The molecule has 3 rings (SSSR count). The highest BCUT2D eigenvalue weighted by Gasteiger charge is 2.23. The maximum atomic E-state index is 12.5. The molecule has 0 aliphatic heterocycles. The Kier molecular flexibility index (Phi) is 5.20. The van der Waals surface area contributed by atoms with Gasteiger partial charge in [0.25, 0.3) is 5.91 Å². The molecule has 0 spiro atoms. The van der Waals surface area contributed by atoms with Crippen LogP contribution in [-0.2, 0) is 11.2 Å². The van der Waals surface area contributed by atoms with E-state index in [0.29, 0.717) is 23.7 Å². The molecule has 1 amide bonds. The van der Waals surface area contributed by atoms with Crippen LogP contribution in [0, 0.1) is 6.92 Å². The highest BCUT2D eigenvalue weighted by Crippen LogP contribution is 2.20. The van der Waals surface area contributed by atoms with Crippen LogP contribution in [0.2, 0.25) is 0 Å². The number of nitrogens with zero attached hydrogens (tertiary/aromatic N) is 2. The smallest absolute Gasteiger partial charge is 0.253 e. The number of hydrogen-bond donors (Lipinski definition) is 2. The van der Waals surface area contributed by atoms with Crippen LogP contribution in [-0.4, -0.2) is 21.2 Å². The van der Waals surface area contributed by atoms with E-state index in [1.165, 1.54) is 0 Å². The molecule has 25 heavy (non-hydrogen) atoms. The zero-order chi connectivity index (χ0) is 17.6. The number of aryl methyl sites for hydroxylation is 1. The first-order valence-electron chi connectivity index (χ1n) is 8.01. The van der Waals surface area contributed by atoms with E-state index >= 15 is 0 Å². The van der Waals surface area contributed by atoms with Gasteiger partial charge in [0.05, 0.1) is 12.5 Å². The first-order valence-corrected chi connectivity index (χ1v) is 8.01. The number of benzene rings is 2. The molecule has 2 aromatic carbocycles. The molecule has 0 fully saturated rings. The lowest BCUT2D eigenvalue weighted by molar-refractivity contribution is -0.130. The number of carbonyl (C=O) groups excluding carboxylic acids is 1. The molecule has 2 N–H and O–H groups in total. The Morgan fingerprint density at radius 3 is 2.24 bits per heavy atom. The number of aliphatic hydroxyl groups is 1. The summed E-state index contributed by atoms with van der Waals surface area (Å²) in [6, 6.07) is 17.9. The van der Waals surface area contributed by atoms with Crippen LogP contribution in [0.5, 0.6) is 0 Å². The highest BCUT2D eigenvalue weighted by atomic mass is 16.5. The Balaban J connectivity index is 1.78. The average molecular weight is 337 g/mol. The SMILES string of the molecule is Cc1noc(CC(NC(=O)C(O)c2ccccc2)c2ccccc2)n1. The molecule has 0 bridgehead atoms. The summed E-state index contributed by atoms with van der Waals surface area (Å²) in [6.45, 7) is 1.74. The van der Waals surface area contributed by atoms with E-state index < -0.39 is 12.0 Å². The van der Waals surface area contributed by atoms with Crippen molar-refractivity contribution >= 4 is 5.91 Å². The van der Waals surface area contributed by atoms with Crippen LogP contribution >= 0.6 is 0 Å². The Bertz CT molecular complexity index is 818. The Labute approximate surface area is 145 Å². The van der Waals surface area contributed by atoms with E-state index in [1.807, 2.05) is 36.4 Å². The predicted octanol–water partition coefficient (Wildman–Crippen LogP) is 2.51. The van der Waals surface area contributed by atoms with Crippen LogP contribution in [0.1, 0.15) is 35.0 Å². The quantitative estimate of drug-likeness (QED) is 0.721. The van der Waals surface area contributed by atoms with Crippen molar-refractivity contribution in [3.8, 4) is 0 Å². The monoisotopic (exact) mass is 337 g/mol. The third-order valence-corrected chi connectivity index (χ3v) is 3.83. The number of hydrogen-bond acceptors (Lipinski definition) is 5. The van der Waals surface area contributed by atoms with Crippen LogP contribution in [0.4, 0.5) is 0 Å². The van der Waals surface area contributed by atoms with Gasteiger partial charge >= 0.3 is 0 Å². The Morgan fingerprint density at radius 2 is 1.68 bits per heavy atom. The van der Waals surface area contributed by atoms with Crippen molar-refractivity contribution in [1.82, 2.24) is 15.5 Å². The topological polar surface area (TPSA) is 88.2 Å². The lowest BCUT2D eigenvalue weighted by atomic mass is 10.0. The molecular weight excluding hydrogens is 318 g/mol. The minimum Gasteiger partial charge on any atom is -0.378 e. The molecule has 2 atom stereocenters. The van der Waals surface area contributed by atoms with Gasteiger partial charge in [0.15, 0.2) is 11.9 Å². The van der Waals surface area contributed by atoms with Crippen molar-refractivity contribution in [2.24, 2.45) is 0 Å². The zero-order valence-corrected chi connectivity index (χ0v) is 13.8. The van der Waals surface area contributed by atoms with Gasteiger partial charge < -0.3 is 14.9 Å². The van der Waals surface area contributed by atoms with Crippen molar-refractivity contribution in [1.29, 1.82) is 0 Å². The Hall–Kier alpha value is -2.99.